The fourth-order valence-electron chi connectivity index (χ4n) is 1.73. The van der Waals surface area contributed by atoms with Gasteiger partial charge in [0.25, 0.3) is 0 Å². The molecule has 2 unspecified atom stereocenters. The van der Waals surface area contributed by atoms with E-state index in [-0.39, 0.29) is 12.0 Å². The average Bonchev–Trinajstić information content (AvgIpc) is 2.30. The molecule has 17 heavy (non-hydrogen) atoms. The van der Waals surface area contributed by atoms with E-state index in [1.54, 1.807) is 6.08 Å². The number of primary amides is 1. The van der Waals surface area contributed by atoms with Crippen molar-refractivity contribution in [2.24, 2.45) is 11.7 Å². The van der Waals surface area contributed by atoms with Crippen LogP contribution in [0, 0.1) is 5.92 Å². The molecule has 0 spiro atoms. The minimum atomic E-state index is -0.772. The third-order valence-corrected chi connectivity index (χ3v) is 3.21. The summed E-state index contributed by atoms with van der Waals surface area (Å²) < 4.78 is 5.14. The molecule has 3 nitrogen and oxygen atoms in total. The summed E-state index contributed by atoms with van der Waals surface area (Å²) >= 11 is 6.00. The van der Waals surface area contributed by atoms with E-state index >= 15 is 0 Å². The Balaban J connectivity index is 4.86. The Bertz CT molecular complexity index is 300. The van der Waals surface area contributed by atoms with Gasteiger partial charge in [0, 0.05) is 5.03 Å². The molecule has 0 rings (SSSR count). The van der Waals surface area contributed by atoms with Crippen LogP contribution in [-0.2, 0) is 4.74 Å². The van der Waals surface area contributed by atoms with E-state index in [2.05, 4.69) is 13.5 Å². The number of carbonyl (C=O) groups excluding carboxylic acids is 1. The molecule has 0 aromatic rings. The number of halogens is 1. The number of carbonyl (C=O) groups is 1. The lowest BCUT2D eigenvalue weighted by atomic mass is 9.93. The predicted molar refractivity (Wildman–Crippen MR) is 71.9 cm³/mol. The van der Waals surface area contributed by atoms with E-state index < -0.39 is 6.09 Å². The first-order chi connectivity index (χ1) is 7.93. The number of hydrogen-bond acceptors (Lipinski definition) is 2. The summed E-state index contributed by atoms with van der Waals surface area (Å²) in [6.45, 7) is 9.59. The molecule has 0 aliphatic rings. The summed E-state index contributed by atoms with van der Waals surface area (Å²) in [7, 11) is 0. The Morgan fingerprint density at radius 3 is 2.59 bits per heavy atom. The third-order valence-electron chi connectivity index (χ3n) is 2.76. The van der Waals surface area contributed by atoms with Crippen molar-refractivity contribution in [3.63, 3.8) is 0 Å². The van der Waals surface area contributed by atoms with Crippen LogP contribution >= 0.6 is 11.6 Å². The molecule has 4 heteroatoms. The predicted octanol–water partition coefficient (Wildman–Crippen LogP) is 3.98. The second-order valence-corrected chi connectivity index (χ2v) is 4.62. The molecule has 2 atom stereocenters. The standard InChI is InChI=1S/C13H22ClNO2/c1-5-7-8-9(3)12(17-13(15)16)10(4)11(14)6-2/h6,9,12H,2,5,7-8H2,1,3-4H3,(H2,15,16). The van der Waals surface area contributed by atoms with Gasteiger partial charge >= 0.3 is 6.09 Å². The number of hydrogen-bond donors (Lipinski definition) is 1. The molecule has 0 bridgehead atoms. The van der Waals surface area contributed by atoms with Crippen molar-refractivity contribution in [2.75, 3.05) is 0 Å². The lowest BCUT2D eigenvalue weighted by molar-refractivity contribution is 0.0913. The molecule has 0 radical (unpaired) electrons. The maximum atomic E-state index is 10.9. The molecule has 0 aromatic heterocycles. The molecule has 0 aliphatic carbocycles. The number of unbranched alkanes of at least 4 members (excludes halogenated alkanes) is 1. The number of rotatable bonds is 7. The van der Waals surface area contributed by atoms with Gasteiger partial charge in [-0.3, -0.25) is 0 Å². The van der Waals surface area contributed by atoms with Gasteiger partial charge in [-0.15, -0.1) is 0 Å². The minimum absolute atomic E-state index is 0.191. The summed E-state index contributed by atoms with van der Waals surface area (Å²) in [5.74, 6) is 0.191. The van der Waals surface area contributed by atoms with Crippen LogP contribution in [0.4, 0.5) is 4.79 Å². The summed E-state index contributed by atoms with van der Waals surface area (Å²) in [4.78, 5) is 10.9. The zero-order valence-corrected chi connectivity index (χ0v) is 11.6. The molecule has 0 aliphatic heterocycles. The van der Waals surface area contributed by atoms with E-state index in [0.29, 0.717) is 5.03 Å². The van der Waals surface area contributed by atoms with Gasteiger partial charge in [-0.05, 0) is 24.8 Å². The van der Waals surface area contributed by atoms with Crippen molar-refractivity contribution < 1.29 is 9.53 Å². The van der Waals surface area contributed by atoms with Crippen molar-refractivity contribution in [2.45, 2.75) is 46.1 Å². The summed E-state index contributed by atoms with van der Waals surface area (Å²) in [6.07, 6.45) is 3.55. The van der Waals surface area contributed by atoms with Gasteiger partial charge < -0.3 is 10.5 Å². The van der Waals surface area contributed by atoms with Gasteiger partial charge in [-0.2, -0.15) is 0 Å². The SMILES string of the molecule is C=CC(Cl)=C(C)C(OC(N)=O)C(C)CCCC. The molecule has 0 fully saturated rings. The second-order valence-electron chi connectivity index (χ2n) is 4.21. The summed E-state index contributed by atoms with van der Waals surface area (Å²) in [5.41, 5.74) is 5.88. The highest BCUT2D eigenvalue weighted by atomic mass is 35.5. The first kappa shape index (κ1) is 16.0. The zero-order chi connectivity index (χ0) is 13.4. The molecule has 0 saturated heterocycles. The summed E-state index contributed by atoms with van der Waals surface area (Å²) in [6, 6.07) is 0. The molecule has 0 aromatic carbocycles. The van der Waals surface area contributed by atoms with Crippen LogP contribution in [0.3, 0.4) is 0 Å². The average molecular weight is 260 g/mol. The van der Waals surface area contributed by atoms with Crippen molar-refractivity contribution in [3.05, 3.63) is 23.3 Å². The molecular formula is C13H22ClNO2. The topological polar surface area (TPSA) is 52.3 Å². The molecule has 2 N–H and O–H groups in total. The monoisotopic (exact) mass is 259 g/mol. The molecule has 1 amide bonds. The van der Waals surface area contributed by atoms with Crippen LogP contribution in [0.5, 0.6) is 0 Å². The molecule has 98 valence electrons. The smallest absolute Gasteiger partial charge is 0.405 e. The fraction of sp³-hybridized carbons (Fsp3) is 0.615. The Kier molecular flexibility index (Phi) is 7.72. The summed E-state index contributed by atoms with van der Waals surface area (Å²) in [5, 5.41) is 0.514. The van der Waals surface area contributed by atoms with Crippen molar-refractivity contribution in [1.29, 1.82) is 0 Å². The van der Waals surface area contributed by atoms with Gasteiger partial charge in [-0.25, -0.2) is 4.79 Å². The first-order valence-electron chi connectivity index (χ1n) is 5.88. The molecule has 0 heterocycles. The lowest BCUT2D eigenvalue weighted by Gasteiger charge is -2.24. The van der Waals surface area contributed by atoms with Crippen molar-refractivity contribution >= 4 is 17.7 Å². The second kappa shape index (κ2) is 8.18. The highest BCUT2D eigenvalue weighted by Crippen LogP contribution is 2.25. The maximum Gasteiger partial charge on any atom is 0.405 e. The van der Waals surface area contributed by atoms with Crippen LogP contribution in [0.1, 0.15) is 40.0 Å². The maximum absolute atomic E-state index is 10.9. The minimum Gasteiger partial charge on any atom is -0.442 e. The van der Waals surface area contributed by atoms with E-state index in [0.717, 1.165) is 24.8 Å². The van der Waals surface area contributed by atoms with Gasteiger partial charge in [0.2, 0.25) is 0 Å². The molecule has 0 saturated carbocycles. The van der Waals surface area contributed by atoms with Crippen LogP contribution in [-0.4, -0.2) is 12.2 Å². The van der Waals surface area contributed by atoms with E-state index in [1.165, 1.54) is 0 Å². The highest BCUT2D eigenvalue weighted by Gasteiger charge is 2.23. The fourth-order valence-corrected chi connectivity index (χ4v) is 1.84. The number of nitrogens with two attached hydrogens (primary N) is 1. The number of ether oxygens (including phenoxy) is 1. The Morgan fingerprint density at radius 1 is 1.59 bits per heavy atom. The van der Waals surface area contributed by atoms with Crippen LogP contribution in [0.15, 0.2) is 23.3 Å². The Labute approximate surface area is 109 Å². The quantitative estimate of drug-likeness (QED) is 0.703. The Morgan fingerprint density at radius 2 is 2.18 bits per heavy atom. The van der Waals surface area contributed by atoms with E-state index in [1.807, 2.05) is 13.8 Å². The molecular weight excluding hydrogens is 238 g/mol. The van der Waals surface area contributed by atoms with Gasteiger partial charge in [-0.1, -0.05) is 50.9 Å². The normalized spacial score (nSPS) is 15.8. The number of amides is 1. The van der Waals surface area contributed by atoms with Crippen LogP contribution < -0.4 is 5.73 Å². The van der Waals surface area contributed by atoms with E-state index in [9.17, 15) is 4.79 Å². The zero-order valence-electron chi connectivity index (χ0n) is 10.8. The lowest BCUT2D eigenvalue weighted by Crippen LogP contribution is -2.29. The first-order valence-corrected chi connectivity index (χ1v) is 6.26. The third kappa shape index (κ3) is 5.78. The number of allylic oxidation sites excluding steroid dienone is 2. The van der Waals surface area contributed by atoms with Crippen LogP contribution in [0.25, 0.3) is 0 Å². The Hall–Kier alpha value is -0.960. The van der Waals surface area contributed by atoms with Gasteiger partial charge in [0.05, 0.1) is 0 Å². The highest BCUT2D eigenvalue weighted by molar-refractivity contribution is 6.31. The largest absolute Gasteiger partial charge is 0.442 e. The van der Waals surface area contributed by atoms with Gasteiger partial charge in [0.15, 0.2) is 0 Å². The van der Waals surface area contributed by atoms with Crippen molar-refractivity contribution in [1.82, 2.24) is 0 Å². The van der Waals surface area contributed by atoms with Crippen molar-refractivity contribution in [3.8, 4) is 0 Å². The van der Waals surface area contributed by atoms with E-state index in [4.69, 9.17) is 22.1 Å². The van der Waals surface area contributed by atoms with Crippen LogP contribution in [0.2, 0.25) is 0 Å². The van der Waals surface area contributed by atoms with Gasteiger partial charge in [0.1, 0.15) is 6.10 Å².